The molecule has 56 heavy (non-hydrogen) atoms. The Labute approximate surface area is 326 Å². The van der Waals surface area contributed by atoms with Crippen LogP contribution in [0.4, 0.5) is 13.2 Å². The maximum absolute atomic E-state index is 13.7. The molecule has 0 unspecified atom stereocenters. The lowest BCUT2D eigenvalue weighted by molar-refractivity contribution is -0.428. The molecule has 5 atom stereocenters. The lowest BCUT2D eigenvalue weighted by Crippen LogP contribution is -2.77. The van der Waals surface area contributed by atoms with Crippen LogP contribution in [0.15, 0.2) is 133 Å². The van der Waals surface area contributed by atoms with Crippen LogP contribution >= 0.6 is 11.6 Å². The van der Waals surface area contributed by atoms with E-state index < -0.39 is 48.3 Å². The van der Waals surface area contributed by atoms with Gasteiger partial charge in [0, 0.05) is 17.7 Å². The zero-order chi connectivity index (χ0) is 39.4. The minimum atomic E-state index is -4.83. The van der Waals surface area contributed by atoms with Crippen LogP contribution in [-0.4, -0.2) is 54.8 Å². The topological polar surface area (TPSA) is 102 Å². The summed E-state index contributed by atoms with van der Waals surface area (Å²) in [6, 6.07) is 38.3. The van der Waals surface area contributed by atoms with Gasteiger partial charge in [-0.3, -0.25) is 0 Å². The number of aliphatic carboxylic acids is 1. The van der Waals surface area contributed by atoms with Crippen molar-refractivity contribution < 1.29 is 56.2 Å². The van der Waals surface area contributed by atoms with Crippen LogP contribution in [0.3, 0.4) is 0 Å². The lowest BCUT2D eigenvalue weighted by Gasteiger charge is -2.55. The van der Waals surface area contributed by atoms with Gasteiger partial charge in [0.15, 0.2) is 0 Å². The van der Waals surface area contributed by atoms with Gasteiger partial charge in [0.05, 0.1) is 26.4 Å². The summed E-state index contributed by atoms with van der Waals surface area (Å²) in [7, 11) is 1.34. The standard InChI is InChI=1S/C43H38ClF3O9/c1-50-42(53-27-32-15-9-4-10-16-32)38(52-26-31-13-7-3-8-14-31)37(51-25-30-11-5-2-6-12-30)41(54-28-40(42,56-41)39(48)49)34-19-22-36(44)33(24-34)23-29-17-20-35(21-18-29)55-43(45,46)47/h2-22,24,37-38H,23,25-28H2,1H3,(H,48,49)/t37-,38+,40-,41+,42+/m1/s1. The summed E-state index contributed by atoms with van der Waals surface area (Å²) in [6.07, 6.45) is -7.18. The van der Waals surface area contributed by atoms with Gasteiger partial charge >= 0.3 is 12.3 Å². The minimum absolute atomic E-state index is 0.0161. The van der Waals surface area contributed by atoms with Crippen LogP contribution in [-0.2, 0) is 65.2 Å². The molecule has 2 heterocycles. The largest absolute Gasteiger partial charge is 0.573 e. The molecular formula is C43H38ClF3O9. The first-order valence-corrected chi connectivity index (χ1v) is 18.1. The summed E-state index contributed by atoms with van der Waals surface area (Å²) in [5.74, 6) is -5.84. The Morgan fingerprint density at radius 3 is 1.86 bits per heavy atom. The van der Waals surface area contributed by atoms with E-state index in [9.17, 15) is 23.1 Å². The summed E-state index contributed by atoms with van der Waals surface area (Å²) in [5, 5.41) is 11.5. The molecule has 292 valence electrons. The fourth-order valence-electron chi connectivity index (χ4n) is 7.20. The zero-order valence-corrected chi connectivity index (χ0v) is 30.9. The first-order valence-electron chi connectivity index (χ1n) is 17.7. The summed E-state index contributed by atoms with van der Waals surface area (Å²) < 4.78 is 82.2. The molecule has 0 saturated carbocycles. The van der Waals surface area contributed by atoms with Crippen LogP contribution in [0.1, 0.15) is 33.4 Å². The van der Waals surface area contributed by atoms with E-state index >= 15 is 0 Å². The Kier molecular flexibility index (Phi) is 11.5. The third-order valence-corrected chi connectivity index (χ3v) is 10.3. The van der Waals surface area contributed by atoms with Gasteiger partial charge in [-0.25, -0.2) is 4.79 Å². The minimum Gasteiger partial charge on any atom is -0.479 e. The monoisotopic (exact) mass is 790 g/mol. The highest BCUT2D eigenvalue weighted by molar-refractivity contribution is 6.31. The molecule has 2 bridgehead atoms. The van der Waals surface area contributed by atoms with Gasteiger partial charge in [-0.2, -0.15) is 0 Å². The van der Waals surface area contributed by atoms with E-state index in [1.165, 1.54) is 31.4 Å². The van der Waals surface area contributed by atoms with Gasteiger partial charge in [-0.05, 0) is 58.5 Å². The molecule has 9 nitrogen and oxygen atoms in total. The van der Waals surface area contributed by atoms with Crippen LogP contribution < -0.4 is 4.74 Å². The first kappa shape index (κ1) is 39.4. The third kappa shape index (κ3) is 7.91. The number of rotatable bonds is 15. The van der Waals surface area contributed by atoms with Crippen molar-refractivity contribution in [2.45, 2.75) is 62.0 Å². The quantitative estimate of drug-likeness (QED) is 0.105. The number of hydrogen-bond acceptors (Lipinski definition) is 8. The van der Waals surface area contributed by atoms with Crippen molar-refractivity contribution in [1.82, 2.24) is 0 Å². The number of carbonyl (C=O) groups is 1. The molecule has 5 aromatic carbocycles. The van der Waals surface area contributed by atoms with Gasteiger partial charge in [0.25, 0.3) is 0 Å². The number of carboxylic acid groups (broad SMARTS) is 1. The highest BCUT2D eigenvalue weighted by atomic mass is 35.5. The number of halogens is 4. The van der Waals surface area contributed by atoms with E-state index in [1.807, 2.05) is 91.0 Å². The molecule has 0 spiro atoms. The second-order valence-corrected chi connectivity index (χ2v) is 13.9. The zero-order valence-electron chi connectivity index (χ0n) is 30.1. The van der Waals surface area contributed by atoms with E-state index in [4.69, 9.17) is 40.0 Å². The van der Waals surface area contributed by atoms with Gasteiger partial charge in [0.2, 0.25) is 17.2 Å². The Hall–Kier alpha value is -4.79. The predicted molar refractivity (Wildman–Crippen MR) is 197 cm³/mol. The van der Waals surface area contributed by atoms with Crippen LogP contribution in [0.2, 0.25) is 5.02 Å². The molecule has 7 rings (SSSR count). The molecule has 0 amide bonds. The van der Waals surface area contributed by atoms with Crippen LogP contribution in [0, 0.1) is 0 Å². The summed E-state index contributed by atoms with van der Waals surface area (Å²) in [6.45, 7) is -0.548. The number of benzene rings is 5. The lowest BCUT2D eigenvalue weighted by atomic mass is 9.79. The predicted octanol–water partition coefficient (Wildman–Crippen LogP) is 8.60. The smallest absolute Gasteiger partial charge is 0.479 e. The summed E-state index contributed by atoms with van der Waals surface area (Å²) in [4.78, 5) is 13.7. The molecule has 13 heteroatoms. The van der Waals surface area contributed by atoms with Crippen molar-refractivity contribution in [3.05, 3.63) is 172 Å². The number of fused-ring (bicyclic) bond motifs is 2. The van der Waals surface area contributed by atoms with Gasteiger partial charge < -0.3 is 38.3 Å². The molecular weight excluding hydrogens is 753 g/mol. The number of ether oxygens (including phenoxy) is 7. The van der Waals surface area contributed by atoms with Crippen molar-refractivity contribution in [2.24, 2.45) is 0 Å². The average Bonchev–Trinajstić information content (AvgIpc) is 3.59. The average molecular weight is 791 g/mol. The molecule has 0 aromatic heterocycles. The maximum atomic E-state index is 13.7. The fraction of sp³-hybridized carbons (Fsp3) is 0.279. The molecule has 1 N–H and O–H groups in total. The van der Waals surface area contributed by atoms with E-state index in [-0.39, 0.29) is 32.0 Å². The highest BCUT2D eigenvalue weighted by Crippen LogP contribution is 2.58. The van der Waals surface area contributed by atoms with Gasteiger partial charge in [-0.15, -0.1) is 13.2 Å². The molecule has 2 saturated heterocycles. The number of hydrogen-bond donors (Lipinski definition) is 1. The maximum Gasteiger partial charge on any atom is 0.573 e. The van der Waals surface area contributed by atoms with Crippen molar-refractivity contribution >= 4 is 17.6 Å². The second-order valence-electron chi connectivity index (χ2n) is 13.4. The number of methoxy groups -OCH3 is 1. The van der Waals surface area contributed by atoms with E-state index in [2.05, 4.69) is 4.74 Å². The number of alkyl halides is 3. The Morgan fingerprint density at radius 2 is 1.32 bits per heavy atom. The van der Waals surface area contributed by atoms with E-state index in [0.29, 0.717) is 21.7 Å². The Morgan fingerprint density at radius 1 is 0.768 bits per heavy atom. The molecule has 0 radical (unpaired) electrons. The second kappa shape index (κ2) is 16.4. The van der Waals surface area contributed by atoms with Crippen molar-refractivity contribution in [3.63, 3.8) is 0 Å². The van der Waals surface area contributed by atoms with Crippen molar-refractivity contribution in [1.29, 1.82) is 0 Å². The SMILES string of the molecule is CO[C@]1(OCc2ccccc2)[C@@H](OCc2ccccc2)[C@@H](OCc2ccccc2)[C@@]2(c3ccc(Cl)c(Cc4ccc(OC(F)(F)F)cc4)c3)OC[C@]1(C(=O)O)O2. The molecule has 5 aromatic rings. The van der Waals surface area contributed by atoms with Crippen LogP contribution in [0.25, 0.3) is 0 Å². The van der Waals surface area contributed by atoms with Crippen molar-refractivity contribution in [2.75, 3.05) is 13.7 Å². The summed E-state index contributed by atoms with van der Waals surface area (Å²) >= 11 is 6.73. The van der Waals surface area contributed by atoms with Gasteiger partial charge in [0.1, 0.15) is 18.0 Å². The van der Waals surface area contributed by atoms with Gasteiger partial charge in [-0.1, -0.05) is 121 Å². The highest BCUT2D eigenvalue weighted by Gasteiger charge is 2.80. The molecule has 2 aliphatic rings. The molecule has 2 aliphatic heterocycles. The Balaban J connectivity index is 1.34. The normalized spacial score (nSPS) is 24.5. The van der Waals surface area contributed by atoms with E-state index in [1.54, 1.807) is 18.2 Å². The van der Waals surface area contributed by atoms with Crippen LogP contribution in [0.5, 0.6) is 5.75 Å². The summed E-state index contributed by atoms with van der Waals surface area (Å²) in [5.41, 5.74) is 1.58. The molecule has 0 aliphatic carbocycles. The fourth-order valence-corrected chi connectivity index (χ4v) is 7.39. The van der Waals surface area contributed by atoms with Crippen molar-refractivity contribution in [3.8, 4) is 5.75 Å². The third-order valence-electron chi connectivity index (χ3n) is 9.89. The molecule has 2 fully saturated rings. The Bertz CT molecular complexity index is 2090. The van der Waals surface area contributed by atoms with E-state index in [0.717, 1.165) is 16.7 Å². The number of carboxylic acids is 1. The first-order chi connectivity index (χ1) is 27.0.